The maximum atomic E-state index is 12.0. The third-order valence-electron chi connectivity index (χ3n) is 3.22. The molecule has 0 bridgehead atoms. The lowest BCUT2D eigenvalue weighted by molar-refractivity contribution is -0.123. The van der Waals surface area contributed by atoms with E-state index in [1.165, 1.54) is 5.56 Å². The van der Waals surface area contributed by atoms with Crippen LogP contribution in [0.1, 0.15) is 35.1 Å². The van der Waals surface area contributed by atoms with E-state index < -0.39 is 0 Å². The predicted octanol–water partition coefficient (Wildman–Crippen LogP) is 3.32. The number of nitrogens with zero attached hydrogens (tertiary/aromatic N) is 1. The molecule has 2 aromatic rings. The maximum absolute atomic E-state index is 12.0. The fourth-order valence-electron chi connectivity index (χ4n) is 2.01. The summed E-state index contributed by atoms with van der Waals surface area (Å²) in [6.45, 7) is 1.99. The number of rotatable bonds is 5. The molecule has 5 heteroatoms. The van der Waals surface area contributed by atoms with E-state index in [0.717, 1.165) is 30.0 Å². The fourth-order valence-corrected chi connectivity index (χ4v) is 3.54. The van der Waals surface area contributed by atoms with Crippen LogP contribution in [0.15, 0.2) is 22.2 Å². The van der Waals surface area contributed by atoms with Crippen molar-refractivity contribution in [2.24, 2.45) is 5.92 Å². The van der Waals surface area contributed by atoms with Gasteiger partial charge in [0.2, 0.25) is 5.91 Å². The molecule has 0 radical (unpaired) electrons. The van der Waals surface area contributed by atoms with Gasteiger partial charge in [0.25, 0.3) is 0 Å². The van der Waals surface area contributed by atoms with Gasteiger partial charge in [0.15, 0.2) is 0 Å². The van der Waals surface area contributed by atoms with Crippen molar-refractivity contribution in [3.8, 4) is 0 Å². The van der Waals surface area contributed by atoms with E-state index in [0.29, 0.717) is 0 Å². The average Bonchev–Trinajstić information content (AvgIpc) is 2.96. The first-order chi connectivity index (χ1) is 9.22. The van der Waals surface area contributed by atoms with Crippen LogP contribution >= 0.6 is 22.7 Å². The van der Waals surface area contributed by atoms with E-state index >= 15 is 0 Å². The molecule has 1 N–H and O–H groups in total. The first kappa shape index (κ1) is 12.8. The average molecular weight is 292 g/mol. The molecular weight excluding hydrogens is 276 g/mol. The highest BCUT2D eigenvalue weighted by Crippen LogP contribution is 2.31. The van der Waals surface area contributed by atoms with Crippen LogP contribution in [0.2, 0.25) is 0 Å². The zero-order valence-corrected chi connectivity index (χ0v) is 12.4. The highest BCUT2D eigenvalue weighted by atomic mass is 32.1. The Morgan fingerprint density at radius 2 is 2.37 bits per heavy atom. The summed E-state index contributed by atoms with van der Waals surface area (Å²) in [7, 11) is 0. The van der Waals surface area contributed by atoms with E-state index in [1.807, 2.05) is 12.3 Å². The number of amides is 1. The molecule has 100 valence electrons. The molecule has 1 amide bonds. The van der Waals surface area contributed by atoms with E-state index in [9.17, 15) is 4.79 Å². The molecule has 19 heavy (non-hydrogen) atoms. The largest absolute Gasteiger partial charge is 0.346 e. The highest BCUT2D eigenvalue weighted by Gasteiger charge is 2.31. The van der Waals surface area contributed by atoms with Crippen molar-refractivity contribution in [1.29, 1.82) is 0 Å². The second-order valence-corrected chi connectivity index (χ2v) is 6.67. The van der Waals surface area contributed by atoms with Crippen LogP contribution < -0.4 is 5.32 Å². The number of thiazole rings is 1. The zero-order chi connectivity index (χ0) is 13.2. The first-order valence-electron chi connectivity index (χ1n) is 6.46. The van der Waals surface area contributed by atoms with Gasteiger partial charge in [-0.15, -0.1) is 11.3 Å². The second-order valence-electron chi connectivity index (χ2n) is 5.00. The van der Waals surface area contributed by atoms with Gasteiger partial charge in [-0.3, -0.25) is 4.79 Å². The lowest BCUT2D eigenvalue weighted by Gasteiger charge is -2.16. The third kappa shape index (κ3) is 3.22. The SMILES string of the molecule is Cc1csc([C@@H](Cc2ccsc2)NC(=O)C2CC2)n1. The van der Waals surface area contributed by atoms with Gasteiger partial charge in [0.05, 0.1) is 6.04 Å². The van der Waals surface area contributed by atoms with Crippen molar-refractivity contribution >= 4 is 28.6 Å². The van der Waals surface area contributed by atoms with Gasteiger partial charge >= 0.3 is 0 Å². The summed E-state index contributed by atoms with van der Waals surface area (Å²) < 4.78 is 0. The molecule has 1 saturated carbocycles. The second kappa shape index (κ2) is 5.43. The standard InChI is InChI=1S/C14H16N2OS2/c1-9-7-19-14(15-9)12(6-10-4-5-18-8-10)16-13(17)11-2-3-11/h4-5,7-8,11-12H,2-3,6H2,1H3,(H,16,17)/t12-/m1/s1. The molecule has 1 aliphatic rings. The zero-order valence-electron chi connectivity index (χ0n) is 10.8. The summed E-state index contributed by atoms with van der Waals surface area (Å²) in [6.07, 6.45) is 2.90. The minimum Gasteiger partial charge on any atom is -0.346 e. The Bertz CT molecular complexity index is 558. The van der Waals surface area contributed by atoms with E-state index in [-0.39, 0.29) is 17.9 Å². The van der Waals surface area contributed by atoms with E-state index in [1.54, 1.807) is 22.7 Å². The molecule has 0 aromatic carbocycles. The number of thiophene rings is 1. The maximum Gasteiger partial charge on any atom is 0.223 e. The summed E-state index contributed by atoms with van der Waals surface area (Å²) >= 11 is 3.32. The molecule has 3 nitrogen and oxygen atoms in total. The lowest BCUT2D eigenvalue weighted by atomic mass is 10.1. The molecule has 0 saturated heterocycles. The molecule has 2 aromatic heterocycles. The topological polar surface area (TPSA) is 42.0 Å². The highest BCUT2D eigenvalue weighted by molar-refractivity contribution is 7.09. The van der Waals surface area contributed by atoms with Crippen LogP contribution in [0.25, 0.3) is 0 Å². The summed E-state index contributed by atoms with van der Waals surface area (Å²) in [6, 6.07) is 2.13. The van der Waals surface area contributed by atoms with Crippen molar-refractivity contribution in [1.82, 2.24) is 10.3 Å². The minimum absolute atomic E-state index is 0.0152. The Morgan fingerprint density at radius 3 is 2.95 bits per heavy atom. The van der Waals surface area contributed by atoms with E-state index in [2.05, 4.69) is 27.1 Å². The van der Waals surface area contributed by atoms with Crippen LogP contribution in [-0.4, -0.2) is 10.9 Å². The summed E-state index contributed by atoms with van der Waals surface area (Å²) in [5.41, 5.74) is 2.29. The van der Waals surface area contributed by atoms with Gasteiger partial charge in [0, 0.05) is 23.4 Å². The van der Waals surface area contributed by atoms with Gasteiger partial charge in [-0.2, -0.15) is 11.3 Å². The molecule has 1 fully saturated rings. The molecule has 2 heterocycles. The van der Waals surface area contributed by atoms with Gasteiger partial charge in [-0.25, -0.2) is 4.98 Å². The Labute approximate surface area is 120 Å². The molecule has 0 spiro atoms. The van der Waals surface area contributed by atoms with Crippen molar-refractivity contribution in [2.75, 3.05) is 0 Å². The van der Waals surface area contributed by atoms with Crippen molar-refractivity contribution < 1.29 is 4.79 Å². The number of hydrogen-bond donors (Lipinski definition) is 1. The third-order valence-corrected chi connectivity index (χ3v) is 5.03. The molecular formula is C14H16N2OS2. The number of aromatic nitrogens is 1. The van der Waals surface area contributed by atoms with Crippen molar-refractivity contribution in [3.05, 3.63) is 38.5 Å². The van der Waals surface area contributed by atoms with Crippen LogP contribution in [0.5, 0.6) is 0 Å². The quantitative estimate of drug-likeness (QED) is 0.918. The van der Waals surface area contributed by atoms with Crippen molar-refractivity contribution in [3.63, 3.8) is 0 Å². The number of hydrogen-bond acceptors (Lipinski definition) is 4. The Kier molecular flexibility index (Phi) is 3.66. The van der Waals surface area contributed by atoms with Gasteiger partial charge < -0.3 is 5.32 Å². The summed E-state index contributed by atoms with van der Waals surface area (Å²) in [5.74, 6) is 0.430. The molecule has 0 aliphatic heterocycles. The number of nitrogens with one attached hydrogen (secondary N) is 1. The number of carbonyl (C=O) groups is 1. The Balaban J connectivity index is 1.75. The van der Waals surface area contributed by atoms with Crippen molar-refractivity contribution in [2.45, 2.75) is 32.2 Å². The molecule has 1 aliphatic carbocycles. The first-order valence-corrected chi connectivity index (χ1v) is 8.28. The summed E-state index contributed by atoms with van der Waals surface area (Å²) in [5, 5.41) is 10.4. The smallest absolute Gasteiger partial charge is 0.223 e. The Morgan fingerprint density at radius 1 is 1.53 bits per heavy atom. The Hall–Kier alpha value is -1.20. The number of aryl methyl sites for hydroxylation is 1. The normalized spacial score (nSPS) is 16.3. The van der Waals surface area contributed by atoms with Gasteiger partial charge in [-0.05, 0) is 42.2 Å². The minimum atomic E-state index is 0.0152. The van der Waals surface area contributed by atoms with E-state index in [4.69, 9.17) is 0 Å². The molecule has 0 unspecified atom stereocenters. The van der Waals surface area contributed by atoms with Gasteiger partial charge in [0.1, 0.15) is 5.01 Å². The fraction of sp³-hybridized carbons (Fsp3) is 0.429. The molecule has 3 rings (SSSR count). The summed E-state index contributed by atoms with van der Waals surface area (Å²) in [4.78, 5) is 16.5. The van der Waals surface area contributed by atoms with Gasteiger partial charge in [-0.1, -0.05) is 0 Å². The monoisotopic (exact) mass is 292 g/mol. The van der Waals surface area contributed by atoms with Crippen LogP contribution in [-0.2, 0) is 11.2 Å². The number of carbonyl (C=O) groups excluding carboxylic acids is 1. The predicted molar refractivity (Wildman–Crippen MR) is 78.5 cm³/mol. The molecule has 1 atom stereocenters. The lowest BCUT2D eigenvalue weighted by Crippen LogP contribution is -2.31. The van der Waals surface area contributed by atoms with Crippen LogP contribution in [0, 0.1) is 12.8 Å². The van der Waals surface area contributed by atoms with Crippen LogP contribution in [0.3, 0.4) is 0 Å². The van der Waals surface area contributed by atoms with Crippen LogP contribution in [0.4, 0.5) is 0 Å².